The van der Waals surface area contributed by atoms with E-state index < -0.39 is 0 Å². The van der Waals surface area contributed by atoms with E-state index in [1.165, 1.54) is 12.1 Å². The number of hydrogen-bond acceptors (Lipinski definition) is 4. The largest absolute Gasteiger partial charge is 0.343 e. The second-order valence-corrected chi connectivity index (χ2v) is 7.48. The lowest BCUT2D eigenvalue weighted by molar-refractivity contribution is -0.132. The van der Waals surface area contributed by atoms with E-state index in [-0.39, 0.29) is 29.6 Å². The number of aryl methyl sites for hydroxylation is 1. The van der Waals surface area contributed by atoms with Crippen LogP contribution >= 0.6 is 0 Å². The van der Waals surface area contributed by atoms with Crippen LogP contribution in [0.25, 0.3) is 11.4 Å². The molecule has 3 heterocycles. The van der Waals surface area contributed by atoms with Gasteiger partial charge in [-0.2, -0.15) is 0 Å². The van der Waals surface area contributed by atoms with E-state index in [0.29, 0.717) is 42.3 Å². The number of aromatic nitrogens is 3. The Morgan fingerprint density at radius 1 is 1.10 bits per heavy atom. The molecule has 0 saturated carbocycles. The molecule has 1 saturated heterocycles. The van der Waals surface area contributed by atoms with Gasteiger partial charge < -0.3 is 9.88 Å². The van der Waals surface area contributed by atoms with Crippen LogP contribution in [0.3, 0.4) is 0 Å². The van der Waals surface area contributed by atoms with Gasteiger partial charge in [-0.25, -0.2) is 9.37 Å². The normalized spacial score (nSPS) is 14.6. The van der Waals surface area contributed by atoms with E-state index >= 15 is 0 Å². The topological polar surface area (TPSA) is 79.0 Å². The van der Waals surface area contributed by atoms with E-state index in [2.05, 4.69) is 15.0 Å². The summed E-state index contributed by atoms with van der Waals surface area (Å²) in [6.45, 7) is 1.19. The summed E-state index contributed by atoms with van der Waals surface area (Å²) < 4.78 is 13.7. The number of carbonyl (C=O) groups excluding carboxylic acids is 1. The first-order valence-electron chi connectivity index (χ1n) is 10.1. The summed E-state index contributed by atoms with van der Waals surface area (Å²) in [5.41, 5.74) is 1.57. The van der Waals surface area contributed by atoms with Crippen molar-refractivity contribution in [1.29, 1.82) is 0 Å². The van der Waals surface area contributed by atoms with Gasteiger partial charge in [0.15, 0.2) is 0 Å². The first-order chi connectivity index (χ1) is 14.6. The summed E-state index contributed by atoms with van der Waals surface area (Å²) in [5, 5.41) is 0. The summed E-state index contributed by atoms with van der Waals surface area (Å²) in [6, 6.07) is 13.5. The van der Waals surface area contributed by atoms with Crippen molar-refractivity contribution in [2.75, 3.05) is 13.1 Å². The first-order valence-corrected chi connectivity index (χ1v) is 10.1. The smallest absolute Gasteiger partial charge is 0.251 e. The highest BCUT2D eigenvalue weighted by Gasteiger charge is 2.25. The molecule has 154 valence electrons. The van der Waals surface area contributed by atoms with Crippen molar-refractivity contribution in [2.24, 2.45) is 0 Å². The van der Waals surface area contributed by atoms with E-state index in [4.69, 9.17) is 0 Å². The summed E-state index contributed by atoms with van der Waals surface area (Å²) in [6.07, 6.45) is 3.80. The summed E-state index contributed by atoms with van der Waals surface area (Å²) in [5.74, 6) is 0.478. The van der Waals surface area contributed by atoms with E-state index in [1.54, 1.807) is 24.4 Å². The van der Waals surface area contributed by atoms with Crippen LogP contribution in [0.4, 0.5) is 4.39 Å². The van der Waals surface area contributed by atoms with E-state index in [1.807, 2.05) is 23.1 Å². The molecule has 0 unspecified atom stereocenters. The van der Waals surface area contributed by atoms with Crippen molar-refractivity contribution < 1.29 is 9.18 Å². The SMILES string of the molecule is O=C(CCc1ccccc1F)N1CCC(c2nc(-c3ccccn3)cc(=O)[nH]2)CC1. The molecule has 0 bridgehead atoms. The highest BCUT2D eigenvalue weighted by Crippen LogP contribution is 2.26. The Bertz CT molecular complexity index is 1080. The number of aromatic amines is 1. The average molecular weight is 406 g/mol. The molecule has 0 spiro atoms. The summed E-state index contributed by atoms with van der Waals surface area (Å²) in [4.78, 5) is 38.2. The van der Waals surface area contributed by atoms with Gasteiger partial charge in [0.05, 0.1) is 11.4 Å². The zero-order chi connectivity index (χ0) is 20.9. The molecule has 1 fully saturated rings. The second-order valence-electron chi connectivity index (χ2n) is 7.48. The van der Waals surface area contributed by atoms with Crippen molar-refractivity contribution in [1.82, 2.24) is 19.9 Å². The average Bonchev–Trinajstić information content (AvgIpc) is 2.78. The van der Waals surface area contributed by atoms with E-state index in [9.17, 15) is 14.0 Å². The maximum atomic E-state index is 13.7. The molecule has 1 aliphatic rings. The fraction of sp³-hybridized carbons (Fsp3) is 0.304. The number of amides is 1. The van der Waals surface area contributed by atoms with Gasteiger partial charge in [-0.3, -0.25) is 14.6 Å². The second kappa shape index (κ2) is 8.98. The Morgan fingerprint density at radius 2 is 1.87 bits per heavy atom. The van der Waals surface area contributed by atoms with Crippen molar-refractivity contribution >= 4 is 5.91 Å². The minimum atomic E-state index is -0.271. The Hall–Kier alpha value is -3.35. The third-order valence-corrected chi connectivity index (χ3v) is 5.49. The molecule has 4 rings (SSSR count). The van der Waals surface area contributed by atoms with Gasteiger partial charge in [-0.15, -0.1) is 0 Å². The lowest BCUT2D eigenvalue weighted by Crippen LogP contribution is -2.38. The van der Waals surface area contributed by atoms with Crippen LogP contribution in [0.5, 0.6) is 0 Å². The molecule has 3 aromatic rings. The highest BCUT2D eigenvalue weighted by molar-refractivity contribution is 5.76. The third-order valence-electron chi connectivity index (χ3n) is 5.49. The molecule has 1 aromatic carbocycles. The van der Waals surface area contributed by atoms with Crippen LogP contribution in [-0.4, -0.2) is 38.8 Å². The number of halogens is 1. The number of benzene rings is 1. The molecule has 1 aliphatic heterocycles. The molecular formula is C23H23FN4O2. The Morgan fingerprint density at radius 3 is 2.60 bits per heavy atom. The monoisotopic (exact) mass is 406 g/mol. The Labute approximate surface area is 173 Å². The lowest BCUT2D eigenvalue weighted by atomic mass is 9.95. The van der Waals surface area contributed by atoms with Crippen LogP contribution in [0.2, 0.25) is 0 Å². The van der Waals surface area contributed by atoms with Gasteiger partial charge in [0.2, 0.25) is 5.91 Å². The van der Waals surface area contributed by atoms with Crippen LogP contribution in [0.1, 0.15) is 36.6 Å². The zero-order valence-corrected chi connectivity index (χ0v) is 16.6. The standard InChI is InChI=1S/C23H23FN4O2/c24-18-6-2-1-5-16(18)8-9-22(30)28-13-10-17(11-14-28)23-26-20(15-21(29)27-23)19-7-3-4-12-25-19/h1-7,12,15,17H,8-11,13-14H2,(H,26,27,29). The number of carbonyl (C=O) groups is 1. The molecule has 1 amide bonds. The molecule has 0 radical (unpaired) electrons. The number of hydrogen-bond donors (Lipinski definition) is 1. The molecular weight excluding hydrogens is 383 g/mol. The molecule has 6 nitrogen and oxygen atoms in total. The Balaban J connectivity index is 1.37. The maximum absolute atomic E-state index is 13.7. The van der Waals surface area contributed by atoms with Crippen LogP contribution in [0.15, 0.2) is 59.5 Å². The molecule has 7 heteroatoms. The van der Waals surface area contributed by atoms with Crippen molar-refractivity contribution in [3.8, 4) is 11.4 Å². The van der Waals surface area contributed by atoms with Gasteiger partial charge >= 0.3 is 0 Å². The summed E-state index contributed by atoms with van der Waals surface area (Å²) in [7, 11) is 0. The lowest BCUT2D eigenvalue weighted by Gasteiger charge is -2.31. The van der Waals surface area contributed by atoms with Crippen molar-refractivity contribution in [3.05, 3.63) is 82.3 Å². The Kier molecular flexibility index (Phi) is 5.97. The minimum Gasteiger partial charge on any atom is -0.343 e. The fourth-order valence-corrected chi connectivity index (χ4v) is 3.82. The predicted molar refractivity (Wildman–Crippen MR) is 111 cm³/mol. The molecule has 30 heavy (non-hydrogen) atoms. The van der Waals surface area contributed by atoms with Crippen LogP contribution in [0, 0.1) is 5.82 Å². The van der Waals surface area contributed by atoms with Gasteiger partial charge in [-0.1, -0.05) is 24.3 Å². The van der Waals surface area contributed by atoms with E-state index in [0.717, 1.165) is 12.8 Å². The van der Waals surface area contributed by atoms with Crippen molar-refractivity contribution in [3.63, 3.8) is 0 Å². The molecule has 2 aromatic heterocycles. The minimum absolute atomic E-state index is 0.0281. The maximum Gasteiger partial charge on any atom is 0.251 e. The molecule has 0 atom stereocenters. The highest BCUT2D eigenvalue weighted by atomic mass is 19.1. The van der Waals surface area contributed by atoms with Gasteiger partial charge in [0, 0.05) is 37.7 Å². The number of rotatable bonds is 5. The van der Waals surface area contributed by atoms with Gasteiger partial charge in [0.1, 0.15) is 11.6 Å². The number of pyridine rings is 1. The number of nitrogens with one attached hydrogen (secondary N) is 1. The van der Waals surface area contributed by atoms with Gasteiger partial charge in [-0.05, 0) is 43.0 Å². The number of piperidine rings is 1. The van der Waals surface area contributed by atoms with Crippen molar-refractivity contribution in [2.45, 2.75) is 31.6 Å². The quantitative estimate of drug-likeness (QED) is 0.705. The first kappa shape index (κ1) is 19.9. The molecule has 1 N–H and O–H groups in total. The number of H-pyrrole nitrogens is 1. The summed E-state index contributed by atoms with van der Waals surface area (Å²) >= 11 is 0. The van der Waals surface area contributed by atoms with Gasteiger partial charge in [0.25, 0.3) is 5.56 Å². The number of likely N-dealkylation sites (tertiary alicyclic amines) is 1. The third kappa shape index (κ3) is 4.62. The predicted octanol–water partition coefficient (Wildman–Crippen LogP) is 3.31. The van der Waals surface area contributed by atoms with Crippen LogP contribution in [-0.2, 0) is 11.2 Å². The zero-order valence-electron chi connectivity index (χ0n) is 16.6. The number of nitrogens with zero attached hydrogens (tertiary/aromatic N) is 3. The molecule has 0 aliphatic carbocycles. The van der Waals surface area contributed by atoms with Crippen LogP contribution < -0.4 is 5.56 Å². The fourth-order valence-electron chi connectivity index (χ4n) is 3.82.